The fourth-order valence-electron chi connectivity index (χ4n) is 2.43. The van der Waals surface area contributed by atoms with E-state index < -0.39 is 4.92 Å². The van der Waals surface area contributed by atoms with Gasteiger partial charge in [-0.1, -0.05) is 36.8 Å². The van der Waals surface area contributed by atoms with Crippen molar-refractivity contribution >= 4 is 17.2 Å². The van der Waals surface area contributed by atoms with Crippen molar-refractivity contribution in [1.29, 1.82) is 0 Å². The van der Waals surface area contributed by atoms with Crippen LogP contribution in [0.3, 0.4) is 0 Å². The molecule has 1 N–H and O–H groups in total. The standard InChI is InChI=1S/C18H20N2O3/c1-4-16(14-7-5-12(2)6-8-14)19-17-10-9-15(13(3)21)11-18(17)20(22)23/h5-11,16,19H,4H2,1-3H3/t16-/m1/s1. The van der Waals surface area contributed by atoms with E-state index in [2.05, 4.69) is 5.32 Å². The third-order valence-electron chi connectivity index (χ3n) is 3.82. The Labute approximate surface area is 135 Å². The minimum atomic E-state index is -0.462. The van der Waals surface area contributed by atoms with Gasteiger partial charge in [0.25, 0.3) is 5.69 Å². The third kappa shape index (κ3) is 3.94. The molecule has 0 spiro atoms. The molecule has 0 aliphatic rings. The second kappa shape index (κ2) is 7.05. The summed E-state index contributed by atoms with van der Waals surface area (Å²) < 4.78 is 0. The fourth-order valence-corrected chi connectivity index (χ4v) is 2.43. The van der Waals surface area contributed by atoms with Crippen molar-refractivity contribution in [3.05, 3.63) is 69.3 Å². The number of hydrogen-bond donors (Lipinski definition) is 1. The van der Waals surface area contributed by atoms with Gasteiger partial charge in [0.2, 0.25) is 0 Å². The molecule has 120 valence electrons. The number of anilines is 1. The highest BCUT2D eigenvalue weighted by atomic mass is 16.6. The van der Waals surface area contributed by atoms with Crippen LogP contribution in [0, 0.1) is 17.0 Å². The lowest BCUT2D eigenvalue weighted by atomic mass is 10.0. The first kappa shape index (κ1) is 16.7. The molecule has 0 bridgehead atoms. The topological polar surface area (TPSA) is 72.2 Å². The van der Waals surface area contributed by atoms with Crippen LogP contribution in [0.5, 0.6) is 0 Å². The van der Waals surface area contributed by atoms with Gasteiger partial charge in [-0.15, -0.1) is 0 Å². The van der Waals surface area contributed by atoms with E-state index in [9.17, 15) is 14.9 Å². The van der Waals surface area contributed by atoms with Crippen LogP contribution in [-0.4, -0.2) is 10.7 Å². The van der Waals surface area contributed by atoms with Gasteiger partial charge in [0.15, 0.2) is 5.78 Å². The summed E-state index contributed by atoms with van der Waals surface area (Å²) in [6, 6.07) is 12.6. The number of rotatable bonds is 6. The maximum atomic E-state index is 11.4. The number of benzene rings is 2. The zero-order valence-electron chi connectivity index (χ0n) is 13.5. The molecular formula is C18H20N2O3. The molecule has 0 saturated heterocycles. The molecule has 2 aromatic carbocycles. The lowest BCUT2D eigenvalue weighted by molar-refractivity contribution is -0.384. The number of nitrogens with one attached hydrogen (secondary N) is 1. The summed E-state index contributed by atoms with van der Waals surface area (Å²) in [4.78, 5) is 22.3. The number of aryl methyl sites for hydroxylation is 1. The van der Waals surface area contributed by atoms with Gasteiger partial charge in [0.05, 0.1) is 11.0 Å². The number of carbonyl (C=O) groups excluding carboxylic acids is 1. The Kier molecular flexibility index (Phi) is 5.11. The van der Waals surface area contributed by atoms with Crippen molar-refractivity contribution in [2.24, 2.45) is 0 Å². The van der Waals surface area contributed by atoms with Gasteiger partial charge in [0, 0.05) is 11.6 Å². The van der Waals surface area contributed by atoms with Crippen LogP contribution in [0.4, 0.5) is 11.4 Å². The highest BCUT2D eigenvalue weighted by Gasteiger charge is 2.19. The van der Waals surface area contributed by atoms with Crippen LogP contribution >= 0.6 is 0 Å². The molecule has 0 unspecified atom stereocenters. The summed E-state index contributed by atoms with van der Waals surface area (Å²) in [5.74, 6) is -0.190. The van der Waals surface area contributed by atoms with Gasteiger partial charge in [-0.05, 0) is 38.0 Å². The third-order valence-corrected chi connectivity index (χ3v) is 3.82. The first-order valence-electron chi connectivity index (χ1n) is 7.54. The summed E-state index contributed by atoms with van der Waals surface area (Å²) in [6.45, 7) is 5.43. The van der Waals surface area contributed by atoms with Crippen molar-refractivity contribution in [3.63, 3.8) is 0 Å². The molecule has 1 atom stereocenters. The van der Waals surface area contributed by atoms with Gasteiger partial charge >= 0.3 is 0 Å². The highest BCUT2D eigenvalue weighted by molar-refractivity contribution is 5.95. The van der Waals surface area contributed by atoms with Gasteiger partial charge in [0.1, 0.15) is 5.69 Å². The number of hydrogen-bond acceptors (Lipinski definition) is 4. The molecule has 0 aromatic heterocycles. The predicted octanol–water partition coefficient (Wildman–Crippen LogP) is 4.67. The normalized spacial score (nSPS) is 11.8. The van der Waals surface area contributed by atoms with Crippen molar-refractivity contribution in [2.75, 3.05) is 5.32 Å². The molecule has 0 aliphatic carbocycles. The van der Waals surface area contributed by atoms with E-state index in [4.69, 9.17) is 0 Å². The van der Waals surface area contributed by atoms with E-state index >= 15 is 0 Å². The first-order valence-corrected chi connectivity index (χ1v) is 7.54. The molecule has 0 aliphatic heterocycles. The van der Waals surface area contributed by atoms with Crippen LogP contribution < -0.4 is 5.32 Å². The first-order chi connectivity index (χ1) is 10.9. The second-order valence-electron chi connectivity index (χ2n) is 5.56. The zero-order valence-corrected chi connectivity index (χ0v) is 13.5. The fraction of sp³-hybridized carbons (Fsp3) is 0.278. The Morgan fingerprint density at radius 1 is 1.22 bits per heavy atom. The maximum Gasteiger partial charge on any atom is 0.293 e. The smallest absolute Gasteiger partial charge is 0.293 e. The minimum absolute atomic E-state index is 0.0301. The van der Waals surface area contributed by atoms with E-state index in [1.807, 2.05) is 38.1 Å². The molecule has 23 heavy (non-hydrogen) atoms. The number of nitro groups is 1. The molecule has 0 heterocycles. The van der Waals surface area contributed by atoms with Crippen LogP contribution in [0.25, 0.3) is 0 Å². The summed E-state index contributed by atoms with van der Waals surface area (Å²) in [5.41, 5.74) is 2.92. The largest absolute Gasteiger partial charge is 0.373 e. The Morgan fingerprint density at radius 3 is 2.39 bits per heavy atom. The number of nitro benzene ring substituents is 1. The van der Waals surface area contributed by atoms with E-state index in [0.29, 0.717) is 11.3 Å². The van der Waals surface area contributed by atoms with Crippen molar-refractivity contribution < 1.29 is 9.72 Å². The van der Waals surface area contributed by atoms with E-state index in [1.54, 1.807) is 12.1 Å². The van der Waals surface area contributed by atoms with Gasteiger partial charge in [-0.2, -0.15) is 0 Å². The van der Waals surface area contributed by atoms with Crippen molar-refractivity contribution in [1.82, 2.24) is 0 Å². The molecule has 2 aromatic rings. The highest BCUT2D eigenvalue weighted by Crippen LogP contribution is 2.30. The Hall–Kier alpha value is -2.69. The van der Waals surface area contributed by atoms with Crippen LogP contribution in [0.2, 0.25) is 0 Å². The monoisotopic (exact) mass is 312 g/mol. The average molecular weight is 312 g/mol. The minimum Gasteiger partial charge on any atom is -0.373 e. The number of nitrogens with zero attached hydrogens (tertiary/aromatic N) is 1. The second-order valence-corrected chi connectivity index (χ2v) is 5.56. The Balaban J connectivity index is 2.35. The molecule has 0 amide bonds. The summed E-state index contributed by atoms with van der Waals surface area (Å²) in [5, 5.41) is 14.5. The quantitative estimate of drug-likeness (QED) is 0.478. The van der Waals surface area contributed by atoms with Crippen molar-refractivity contribution in [2.45, 2.75) is 33.2 Å². The zero-order chi connectivity index (χ0) is 17.0. The molecular weight excluding hydrogens is 292 g/mol. The number of Topliss-reactive ketones (excluding diaryl/α,β-unsaturated/α-hetero) is 1. The number of ketones is 1. The predicted molar refractivity (Wildman–Crippen MR) is 90.9 cm³/mol. The van der Waals surface area contributed by atoms with E-state index in [1.165, 1.54) is 18.6 Å². The molecule has 5 heteroatoms. The molecule has 5 nitrogen and oxygen atoms in total. The van der Waals surface area contributed by atoms with E-state index in [-0.39, 0.29) is 17.5 Å². The lowest BCUT2D eigenvalue weighted by Crippen LogP contribution is -2.11. The molecule has 2 rings (SSSR count). The molecule has 0 fully saturated rings. The van der Waals surface area contributed by atoms with Gasteiger partial charge < -0.3 is 5.32 Å². The lowest BCUT2D eigenvalue weighted by Gasteiger charge is -2.19. The Bertz CT molecular complexity index is 724. The summed E-state index contributed by atoms with van der Waals surface area (Å²) in [7, 11) is 0. The Morgan fingerprint density at radius 2 is 1.87 bits per heavy atom. The average Bonchev–Trinajstić information content (AvgIpc) is 2.53. The SMILES string of the molecule is CC[C@@H](Nc1ccc(C(C)=O)cc1[N+](=O)[O-])c1ccc(C)cc1. The van der Waals surface area contributed by atoms with Crippen LogP contribution in [0.15, 0.2) is 42.5 Å². The van der Waals surface area contributed by atoms with Crippen LogP contribution in [-0.2, 0) is 0 Å². The molecule has 0 saturated carbocycles. The summed E-state index contributed by atoms with van der Waals surface area (Å²) in [6.07, 6.45) is 0.786. The molecule has 0 radical (unpaired) electrons. The maximum absolute atomic E-state index is 11.4. The van der Waals surface area contributed by atoms with E-state index in [0.717, 1.165) is 12.0 Å². The van der Waals surface area contributed by atoms with Gasteiger partial charge in [-0.3, -0.25) is 14.9 Å². The summed E-state index contributed by atoms with van der Waals surface area (Å²) >= 11 is 0. The van der Waals surface area contributed by atoms with Crippen LogP contribution in [0.1, 0.15) is 47.8 Å². The number of carbonyl (C=O) groups is 1. The van der Waals surface area contributed by atoms with Gasteiger partial charge in [-0.25, -0.2) is 0 Å². The van der Waals surface area contributed by atoms with Crippen molar-refractivity contribution in [3.8, 4) is 0 Å².